The summed E-state index contributed by atoms with van der Waals surface area (Å²) in [5.74, 6) is -2.52. The summed E-state index contributed by atoms with van der Waals surface area (Å²) in [4.78, 5) is 78.3. The van der Waals surface area contributed by atoms with Gasteiger partial charge in [-0.25, -0.2) is 14.9 Å². The third-order valence-electron chi connectivity index (χ3n) is 9.11. The zero-order valence-electron chi connectivity index (χ0n) is 25.1. The second kappa shape index (κ2) is 11.8. The molecule has 4 aliphatic rings. The van der Waals surface area contributed by atoms with E-state index in [-0.39, 0.29) is 47.5 Å². The first-order valence-electron chi connectivity index (χ1n) is 15.3. The number of hydrogen-bond acceptors (Lipinski definition) is 7. The zero-order chi connectivity index (χ0) is 31.1. The van der Waals surface area contributed by atoms with Gasteiger partial charge in [-0.15, -0.1) is 0 Å². The highest BCUT2D eigenvalue weighted by Crippen LogP contribution is 2.53. The molecule has 1 saturated carbocycles. The summed E-state index contributed by atoms with van der Waals surface area (Å²) in [6, 6.07) is 8.53. The molecule has 7 rings (SSSR count). The Kier molecular flexibility index (Phi) is 7.87. The number of carbonyl (C=O) groups is 4. The lowest BCUT2D eigenvalue weighted by molar-refractivity contribution is -0.127. The molecule has 3 aromatic heterocycles. The van der Waals surface area contributed by atoms with E-state index in [0.29, 0.717) is 24.3 Å². The van der Waals surface area contributed by atoms with Crippen molar-refractivity contribution in [1.82, 2.24) is 15.0 Å². The third kappa shape index (κ3) is 5.42. The van der Waals surface area contributed by atoms with Crippen LogP contribution in [0.2, 0.25) is 0 Å². The zero-order valence-corrected chi connectivity index (χ0v) is 25.1. The van der Waals surface area contributed by atoms with Crippen molar-refractivity contribution in [2.24, 2.45) is 29.6 Å². The van der Waals surface area contributed by atoms with Gasteiger partial charge in [-0.1, -0.05) is 31.9 Å². The molecule has 4 amide bonds. The molecule has 1 aliphatic heterocycles. The Hall–Kier alpha value is -4.67. The largest absolute Gasteiger partial charge is 0.312 e. The average molecular weight is 597 g/mol. The molecule has 0 radical (unpaired) electrons. The summed E-state index contributed by atoms with van der Waals surface area (Å²) >= 11 is 0. The van der Waals surface area contributed by atoms with Crippen LogP contribution in [0.4, 0.5) is 17.3 Å². The van der Waals surface area contributed by atoms with E-state index in [1.165, 1.54) is 12.1 Å². The maximum atomic E-state index is 13.7. The summed E-state index contributed by atoms with van der Waals surface area (Å²) in [5.41, 5.74) is 1.78. The van der Waals surface area contributed by atoms with Crippen LogP contribution in [0, 0.1) is 43.4 Å². The predicted molar refractivity (Wildman–Crippen MR) is 166 cm³/mol. The van der Waals surface area contributed by atoms with Crippen LogP contribution in [-0.4, -0.2) is 38.6 Å². The van der Waals surface area contributed by atoms with Crippen molar-refractivity contribution in [1.29, 1.82) is 0 Å². The first-order chi connectivity index (χ1) is 21.1. The van der Waals surface area contributed by atoms with Gasteiger partial charge in [0.1, 0.15) is 17.3 Å². The second-order valence-electron chi connectivity index (χ2n) is 12.2. The van der Waals surface area contributed by atoms with E-state index in [1.54, 1.807) is 6.07 Å². The number of allylic oxidation sites excluding steroid dienone is 2. The molecule has 5 atom stereocenters. The molecular weight excluding hydrogens is 560 g/mol. The Balaban J connectivity index is 1.15. The fourth-order valence-corrected chi connectivity index (χ4v) is 7.11. The number of hydrogen-bond donors (Lipinski definition) is 3. The SMILES string of the molecule is CCCCCC(=O)Nc1ccc(N2C(=O)[C@@H]3[C@@H]4C=C[C@@H](C[C@H]4CC(=O)Nc4ccc5c(C)cc(C)nc5n4)[C@@H]3C2=O)c(=O)[nH]1. The van der Waals surface area contributed by atoms with Gasteiger partial charge in [-0.05, 0) is 80.3 Å². The normalized spacial score (nSPS) is 23.7. The first-order valence-corrected chi connectivity index (χ1v) is 15.3. The second-order valence-corrected chi connectivity index (χ2v) is 12.2. The van der Waals surface area contributed by atoms with Crippen LogP contribution in [-0.2, 0) is 19.2 Å². The molecular formula is C33H36N6O5. The maximum absolute atomic E-state index is 13.7. The summed E-state index contributed by atoms with van der Waals surface area (Å²) in [6.45, 7) is 5.94. The van der Waals surface area contributed by atoms with E-state index in [4.69, 9.17) is 0 Å². The fraction of sp³-hybridized carbons (Fsp3) is 0.424. The molecule has 0 spiro atoms. The summed E-state index contributed by atoms with van der Waals surface area (Å²) < 4.78 is 0. The van der Waals surface area contributed by atoms with E-state index >= 15 is 0 Å². The molecule has 3 N–H and O–H groups in total. The number of anilines is 3. The van der Waals surface area contributed by atoms with Crippen LogP contribution >= 0.6 is 0 Å². The monoisotopic (exact) mass is 596 g/mol. The van der Waals surface area contributed by atoms with Gasteiger partial charge in [0, 0.05) is 23.9 Å². The first kappa shape index (κ1) is 29.4. The number of aryl methyl sites for hydroxylation is 2. The van der Waals surface area contributed by atoms with E-state index in [9.17, 15) is 24.0 Å². The Bertz CT molecular complexity index is 1760. The van der Waals surface area contributed by atoms with Crippen molar-refractivity contribution >= 4 is 52.0 Å². The topological polar surface area (TPSA) is 154 Å². The van der Waals surface area contributed by atoms with Crippen LogP contribution in [0.1, 0.15) is 56.7 Å². The van der Waals surface area contributed by atoms with E-state index in [1.807, 2.05) is 45.1 Å². The van der Waals surface area contributed by atoms with Gasteiger partial charge < -0.3 is 15.6 Å². The maximum Gasteiger partial charge on any atom is 0.273 e. The molecule has 11 nitrogen and oxygen atoms in total. The molecule has 4 heterocycles. The number of aromatic nitrogens is 3. The number of imide groups is 1. The lowest BCUT2D eigenvalue weighted by Crippen LogP contribution is -2.44. The number of pyridine rings is 3. The number of nitrogens with zero attached hydrogens (tertiary/aromatic N) is 3. The standard InChI is InChI=1S/C33H36N6O5/c1-4-5-6-7-26(40)35-25-13-11-23(31(42)38-25)39-32(43)28-19-8-9-22(29(28)33(39)44)20(15-19)16-27(41)36-24-12-10-21-17(2)14-18(3)34-30(21)37-24/h8-14,19-20,22,28-29H,4-7,15-16H2,1-3H3,(H,34,36,37,41)(H2,35,38,40,42)/t19-,20-,22+,28-,29+/m0/s1. The lowest BCUT2D eigenvalue weighted by Gasteiger charge is -2.43. The Morgan fingerprint density at radius 1 is 0.955 bits per heavy atom. The Morgan fingerprint density at radius 3 is 2.52 bits per heavy atom. The number of fused-ring (bicyclic) bond motifs is 2. The van der Waals surface area contributed by atoms with Gasteiger partial charge in [0.25, 0.3) is 5.56 Å². The molecule has 228 valence electrons. The highest BCUT2D eigenvalue weighted by atomic mass is 16.2. The number of nitrogens with one attached hydrogen (secondary N) is 3. The summed E-state index contributed by atoms with van der Waals surface area (Å²) in [5, 5.41) is 6.47. The number of amides is 4. The average Bonchev–Trinajstić information content (AvgIpc) is 3.24. The summed E-state index contributed by atoms with van der Waals surface area (Å²) in [6.07, 6.45) is 7.70. The number of rotatable bonds is 9. The molecule has 1 saturated heterocycles. The minimum atomic E-state index is -0.643. The Labute approximate surface area is 254 Å². The van der Waals surface area contributed by atoms with E-state index in [2.05, 4.69) is 25.6 Å². The highest BCUT2D eigenvalue weighted by molar-refractivity contribution is 6.22. The summed E-state index contributed by atoms with van der Waals surface area (Å²) in [7, 11) is 0. The molecule has 44 heavy (non-hydrogen) atoms. The van der Waals surface area contributed by atoms with Crippen molar-refractivity contribution in [2.75, 3.05) is 15.5 Å². The van der Waals surface area contributed by atoms with Crippen LogP contribution in [0.5, 0.6) is 0 Å². The van der Waals surface area contributed by atoms with Crippen molar-refractivity contribution < 1.29 is 19.2 Å². The fourth-order valence-electron chi connectivity index (χ4n) is 7.11. The smallest absolute Gasteiger partial charge is 0.273 e. The van der Waals surface area contributed by atoms with Gasteiger partial charge in [-0.2, -0.15) is 0 Å². The molecule has 2 fully saturated rings. The number of aromatic amines is 1. The minimum absolute atomic E-state index is 0.0615. The molecule has 3 aromatic rings. The van der Waals surface area contributed by atoms with Gasteiger partial charge in [0.15, 0.2) is 5.65 Å². The minimum Gasteiger partial charge on any atom is -0.312 e. The van der Waals surface area contributed by atoms with Crippen LogP contribution in [0.15, 0.2) is 47.3 Å². The molecule has 3 aliphatic carbocycles. The van der Waals surface area contributed by atoms with Crippen molar-refractivity contribution in [3.8, 4) is 0 Å². The van der Waals surface area contributed by atoms with Gasteiger partial charge in [0.2, 0.25) is 23.6 Å². The van der Waals surface area contributed by atoms with Gasteiger partial charge in [0.05, 0.1) is 11.8 Å². The Morgan fingerprint density at radius 2 is 1.75 bits per heavy atom. The highest BCUT2D eigenvalue weighted by Gasteiger charge is 2.59. The van der Waals surface area contributed by atoms with Crippen LogP contribution in [0.3, 0.4) is 0 Å². The number of unbranched alkanes of at least 4 members (excludes halogenated alkanes) is 2. The number of H-pyrrole nitrogens is 1. The lowest BCUT2D eigenvalue weighted by atomic mass is 9.58. The third-order valence-corrected chi connectivity index (χ3v) is 9.11. The predicted octanol–water partition coefficient (Wildman–Crippen LogP) is 4.41. The quantitative estimate of drug-likeness (QED) is 0.188. The van der Waals surface area contributed by atoms with Crippen LogP contribution in [0.25, 0.3) is 11.0 Å². The van der Waals surface area contributed by atoms with E-state index < -0.39 is 29.2 Å². The van der Waals surface area contributed by atoms with Crippen molar-refractivity contribution in [3.05, 3.63) is 64.1 Å². The number of carbonyl (C=O) groups excluding carboxylic acids is 4. The molecule has 0 aromatic carbocycles. The van der Waals surface area contributed by atoms with Gasteiger partial charge in [-0.3, -0.25) is 24.0 Å². The van der Waals surface area contributed by atoms with Crippen molar-refractivity contribution in [3.63, 3.8) is 0 Å². The van der Waals surface area contributed by atoms with E-state index in [0.717, 1.165) is 40.8 Å². The van der Waals surface area contributed by atoms with Gasteiger partial charge >= 0.3 is 0 Å². The molecule has 0 unspecified atom stereocenters. The molecule has 11 heteroatoms. The molecule has 2 bridgehead atoms. The van der Waals surface area contributed by atoms with Crippen molar-refractivity contribution in [2.45, 2.75) is 59.3 Å². The van der Waals surface area contributed by atoms with Crippen LogP contribution < -0.4 is 21.1 Å².